The number of ether oxygens (including phenoxy) is 1. The summed E-state index contributed by atoms with van der Waals surface area (Å²) in [6.45, 7) is 3.30. The minimum atomic E-state index is 0.473. The van der Waals surface area contributed by atoms with Gasteiger partial charge >= 0.3 is 0 Å². The molecule has 18 heavy (non-hydrogen) atoms. The number of aromatic nitrogens is 2. The summed E-state index contributed by atoms with van der Waals surface area (Å²) >= 11 is 0. The summed E-state index contributed by atoms with van der Waals surface area (Å²) in [4.78, 5) is 10.9. The molecule has 1 aliphatic rings. The fourth-order valence-corrected chi connectivity index (χ4v) is 2.70. The Hall–Kier alpha value is -1.36. The van der Waals surface area contributed by atoms with E-state index in [9.17, 15) is 0 Å². The lowest BCUT2D eigenvalue weighted by Gasteiger charge is -2.29. The molecule has 0 amide bonds. The maximum atomic E-state index is 5.83. The molecule has 1 heterocycles. The summed E-state index contributed by atoms with van der Waals surface area (Å²) in [5, 5.41) is 0. The minimum Gasteiger partial charge on any atom is -0.477 e. The third-order valence-corrected chi connectivity index (χ3v) is 3.67. The molecule has 0 aromatic carbocycles. The molecule has 2 rings (SSSR count). The van der Waals surface area contributed by atoms with Gasteiger partial charge in [-0.25, -0.2) is 0 Å². The summed E-state index contributed by atoms with van der Waals surface area (Å²) in [6.07, 6.45) is 7.07. The van der Waals surface area contributed by atoms with Crippen LogP contribution in [0.3, 0.4) is 0 Å². The Morgan fingerprint density at radius 3 is 3.00 bits per heavy atom. The van der Waals surface area contributed by atoms with Crippen molar-refractivity contribution >= 4 is 5.82 Å². The van der Waals surface area contributed by atoms with Crippen LogP contribution in [-0.2, 0) is 0 Å². The van der Waals surface area contributed by atoms with Crippen molar-refractivity contribution in [1.82, 2.24) is 9.97 Å². The second-order valence-electron chi connectivity index (χ2n) is 4.75. The van der Waals surface area contributed by atoms with Crippen LogP contribution >= 0.6 is 0 Å². The van der Waals surface area contributed by atoms with E-state index in [-0.39, 0.29) is 0 Å². The third kappa shape index (κ3) is 2.72. The van der Waals surface area contributed by atoms with Crippen molar-refractivity contribution in [2.45, 2.75) is 32.2 Å². The fraction of sp³-hybridized carbons (Fsp3) is 0.692. The molecule has 0 radical (unpaired) electrons. The molecule has 0 spiro atoms. The monoisotopic (exact) mass is 250 g/mol. The van der Waals surface area contributed by atoms with Crippen molar-refractivity contribution < 1.29 is 4.74 Å². The topological polar surface area (TPSA) is 64.3 Å². The summed E-state index contributed by atoms with van der Waals surface area (Å²) in [5.74, 6) is 2.02. The highest BCUT2D eigenvalue weighted by atomic mass is 16.5. The fourth-order valence-electron chi connectivity index (χ4n) is 2.70. The first-order valence-electron chi connectivity index (χ1n) is 6.64. The largest absolute Gasteiger partial charge is 0.477 e. The summed E-state index contributed by atoms with van der Waals surface area (Å²) < 4.78 is 5.39. The molecule has 100 valence electrons. The Bertz CT molecular complexity index is 385. The number of nitrogens with zero attached hydrogens (tertiary/aromatic N) is 3. The molecular formula is C13H22N4O. The first-order chi connectivity index (χ1) is 8.76. The zero-order valence-corrected chi connectivity index (χ0v) is 11.2. The first kappa shape index (κ1) is 13.1. The van der Waals surface area contributed by atoms with Crippen LogP contribution in [0, 0.1) is 5.92 Å². The molecule has 1 aliphatic carbocycles. The van der Waals surface area contributed by atoms with Crippen LogP contribution < -0.4 is 15.4 Å². The van der Waals surface area contributed by atoms with Crippen molar-refractivity contribution in [2.24, 2.45) is 11.7 Å². The summed E-state index contributed by atoms with van der Waals surface area (Å²) in [6, 6.07) is 0.473. The van der Waals surface area contributed by atoms with Crippen molar-refractivity contribution in [3.63, 3.8) is 0 Å². The highest BCUT2D eigenvalue weighted by Gasteiger charge is 2.30. The molecule has 5 heteroatoms. The van der Waals surface area contributed by atoms with Gasteiger partial charge in [-0.15, -0.1) is 0 Å². The quantitative estimate of drug-likeness (QED) is 0.856. The van der Waals surface area contributed by atoms with Gasteiger partial charge in [-0.2, -0.15) is 4.98 Å². The van der Waals surface area contributed by atoms with Crippen molar-refractivity contribution in [3.05, 3.63) is 12.4 Å². The van der Waals surface area contributed by atoms with Crippen LogP contribution in [-0.4, -0.2) is 36.2 Å². The Morgan fingerprint density at radius 1 is 1.44 bits per heavy atom. The molecule has 1 aromatic heterocycles. The third-order valence-electron chi connectivity index (χ3n) is 3.67. The highest BCUT2D eigenvalue weighted by molar-refractivity contribution is 5.38. The van der Waals surface area contributed by atoms with Gasteiger partial charge in [-0.05, 0) is 32.2 Å². The van der Waals surface area contributed by atoms with E-state index in [1.54, 1.807) is 12.4 Å². The van der Waals surface area contributed by atoms with Crippen molar-refractivity contribution in [2.75, 3.05) is 25.1 Å². The van der Waals surface area contributed by atoms with E-state index in [1.165, 1.54) is 19.3 Å². The van der Waals surface area contributed by atoms with Gasteiger partial charge in [0.15, 0.2) is 5.82 Å². The first-order valence-corrected chi connectivity index (χ1v) is 6.64. The maximum Gasteiger partial charge on any atom is 0.234 e. The molecule has 2 unspecified atom stereocenters. The van der Waals surface area contributed by atoms with E-state index in [2.05, 4.69) is 21.9 Å². The number of hydrogen-bond donors (Lipinski definition) is 1. The van der Waals surface area contributed by atoms with E-state index in [0.29, 0.717) is 24.4 Å². The molecule has 2 N–H and O–H groups in total. The normalized spacial score (nSPS) is 23.1. The van der Waals surface area contributed by atoms with Crippen LogP contribution in [0.4, 0.5) is 5.82 Å². The molecule has 0 saturated heterocycles. The van der Waals surface area contributed by atoms with Crippen molar-refractivity contribution in [1.29, 1.82) is 0 Å². The van der Waals surface area contributed by atoms with Gasteiger partial charge in [0.1, 0.15) is 0 Å². The number of hydrogen-bond acceptors (Lipinski definition) is 5. The van der Waals surface area contributed by atoms with Crippen molar-refractivity contribution in [3.8, 4) is 5.88 Å². The average molecular weight is 250 g/mol. The molecule has 1 saturated carbocycles. The second-order valence-corrected chi connectivity index (χ2v) is 4.75. The predicted molar refractivity (Wildman–Crippen MR) is 71.8 cm³/mol. The average Bonchev–Trinajstić information content (AvgIpc) is 2.87. The number of anilines is 1. The van der Waals surface area contributed by atoms with E-state index in [0.717, 1.165) is 12.4 Å². The maximum absolute atomic E-state index is 5.83. The van der Waals surface area contributed by atoms with Crippen LogP contribution in [0.2, 0.25) is 0 Å². The number of nitrogens with two attached hydrogens (primary N) is 1. The van der Waals surface area contributed by atoms with Crippen LogP contribution in [0.5, 0.6) is 5.88 Å². The minimum absolute atomic E-state index is 0.473. The lowest BCUT2D eigenvalue weighted by molar-refractivity contribution is 0.325. The molecule has 1 fully saturated rings. The van der Waals surface area contributed by atoms with E-state index in [1.807, 2.05) is 6.92 Å². The molecule has 0 bridgehead atoms. The standard InChI is InChI=1S/C13H22N4O/c1-3-18-13-9-15-8-12(16-13)17(2)11-6-4-5-10(11)7-14/h8-11H,3-7,14H2,1-2H3. The Labute approximate surface area is 108 Å². The van der Waals surface area contributed by atoms with Crippen LogP contribution in [0.1, 0.15) is 26.2 Å². The van der Waals surface area contributed by atoms with Gasteiger partial charge in [0.2, 0.25) is 5.88 Å². The van der Waals surface area contributed by atoms with Crippen LogP contribution in [0.25, 0.3) is 0 Å². The van der Waals surface area contributed by atoms with E-state index >= 15 is 0 Å². The Balaban J connectivity index is 2.12. The Kier molecular flexibility index (Phi) is 4.36. The van der Waals surface area contributed by atoms with Gasteiger partial charge < -0.3 is 15.4 Å². The zero-order chi connectivity index (χ0) is 13.0. The van der Waals surface area contributed by atoms with Gasteiger partial charge in [0, 0.05) is 13.1 Å². The summed E-state index contributed by atoms with van der Waals surface area (Å²) in [7, 11) is 2.07. The zero-order valence-electron chi connectivity index (χ0n) is 11.2. The molecule has 2 atom stereocenters. The van der Waals surface area contributed by atoms with Gasteiger partial charge in [0.05, 0.1) is 19.0 Å². The van der Waals surface area contributed by atoms with Gasteiger partial charge in [0.25, 0.3) is 0 Å². The second kappa shape index (κ2) is 6.00. The lowest BCUT2D eigenvalue weighted by atomic mass is 10.0. The number of rotatable bonds is 5. The van der Waals surface area contributed by atoms with Gasteiger partial charge in [-0.3, -0.25) is 4.98 Å². The highest BCUT2D eigenvalue weighted by Crippen LogP contribution is 2.30. The smallest absolute Gasteiger partial charge is 0.234 e. The molecule has 1 aromatic rings. The summed E-state index contributed by atoms with van der Waals surface area (Å²) in [5.41, 5.74) is 5.83. The SMILES string of the molecule is CCOc1cncc(N(C)C2CCCC2CN)n1. The van der Waals surface area contributed by atoms with Gasteiger partial charge in [-0.1, -0.05) is 6.42 Å². The Morgan fingerprint density at radius 2 is 2.28 bits per heavy atom. The molecular weight excluding hydrogens is 228 g/mol. The lowest BCUT2D eigenvalue weighted by Crippen LogP contribution is -2.38. The van der Waals surface area contributed by atoms with E-state index in [4.69, 9.17) is 10.5 Å². The molecule has 0 aliphatic heterocycles. The predicted octanol–water partition coefficient (Wildman–Crippen LogP) is 1.44. The van der Waals surface area contributed by atoms with E-state index < -0.39 is 0 Å². The molecule has 5 nitrogen and oxygen atoms in total. The van der Waals surface area contributed by atoms with Crippen LogP contribution in [0.15, 0.2) is 12.4 Å².